The smallest absolute Gasteiger partial charge is 0.341 e. The van der Waals surface area contributed by atoms with Crippen molar-refractivity contribution in [2.45, 2.75) is 19.0 Å². The number of furan rings is 1. The predicted octanol–water partition coefficient (Wildman–Crippen LogP) is 3.96. The maximum atomic E-state index is 12.5. The van der Waals surface area contributed by atoms with Gasteiger partial charge in [-0.2, -0.15) is 0 Å². The average Bonchev–Trinajstić information content (AvgIpc) is 3.33. The number of nitrogens with one attached hydrogen (secondary N) is 1. The van der Waals surface area contributed by atoms with Crippen molar-refractivity contribution in [3.8, 4) is 11.3 Å². The quantitative estimate of drug-likeness (QED) is 0.473. The Kier molecular flexibility index (Phi) is 6.02. The first-order valence-corrected chi connectivity index (χ1v) is 10.1. The van der Waals surface area contributed by atoms with E-state index in [1.54, 1.807) is 24.6 Å². The Morgan fingerprint density at radius 2 is 2.22 bits per heavy atom. The number of carbonyl (C=O) groups excluding carboxylic acids is 2. The van der Waals surface area contributed by atoms with Gasteiger partial charge in [0.2, 0.25) is 5.91 Å². The second-order valence-electron chi connectivity index (χ2n) is 5.64. The first kappa shape index (κ1) is 19.2. The summed E-state index contributed by atoms with van der Waals surface area (Å²) in [5.74, 6) is 0.769. The molecule has 3 rings (SSSR count). The molecule has 0 aliphatic carbocycles. The van der Waals surface area contributed by atoms with Gasteiger partial charge in [0, 0.05) is 30.4 Å². The fourth-order valence-electron chi connectivity index (χ4n) is 2.40. The highest BCUT2D eigenvalue weighted by Crippen LogP contribution is 2.37. The number of anilines is 1. The molecular formula is C18H19N3O4S2. The standard InChI is InChI=1S/C18H19N3O4S2/c1-4-24-17(23)15-12(13-6-5-11(2)25-13)9-26-16(15)20-14(22)10-27-18-19-7-8-21(18)3/h5-9H,4,10H2,1-3H3,(H,20,22). The lowest BCUT2D eigenvalue weighted by atomic mass is 10.1. The minimum atomic E-state index is -0.491. The summed E-state index contributed by atoms with van der Waals surface area (Å²) < 4.78 is 12.6. The molecule has 1 amide bonds. The summed E-state index contributed by atoms with van der Waals surface area (Å²) in [6, 6.07) is 3.62. The Bertz CT molecular complexity index is 958. The largest absolute Gasteiger partial charge is 0.462 e. The molecule has 7 nitrogen and oxygen atoms in total. The van der Waals surface area contributed by atoms with Crippen molar-refractivity contribution in [3.05, 3.63) is 41.2 Å². The van der Waals surface area contributed by atoms with E-state index in [-0.39, 0.29) is 18.3 Å². The van der Waals surface area contributed by atoms with Crippen molar-refractivity contribution in [2.75, 3.05) is 17.7 Å². The van der Waals surface area contributed by atoms with Crippen LogP contribution in [0, 0.1) is 6.92 Å². The van der Waals surface area contributed by atoms with Crippen LogP contribution in [0.4, 0.5) is 5.00 Å². The van der Waals surface area contributed by atoms with E-state index in [1.807, 2.05) is 30.8 Å². The first-order valence-electron chi connectivity index (χ1n) is 8.25. The summed E-state index contributed by atoms with van der Waals surface area (Å²) in [6.07, 6.45) is 3.49. The molecule has 3 aromatic heterocycles. The molecule has 0 unspecified atom stereocenters. The molecule has 0 saturated carbocycles. The fourth-order valence-corrected chi connectivity index (χ4v) is 4.09. The van der Waals surface area contributed by atoms with E-state index in [0.29, 0.717) is 21.9 Å². The Balaban J connectivity index is 1.79. The third kappa shape index (κ3) is 4.42. The zero-order valence-electron chi connectivity index (χ0n) is 15.1. The minimum Gasteiger partial charge on any atom is -0.462 e. The minimum absolute atomic E-state index is 0.181. The third-order valence-electron chi connectivity index (χ3n) is 3.64. The van der Waals surface area contributed by atoms with Gasteiger partial charge in [-0.25, -0.2) is 9.78 Å². The zero-order chi connectivity index (χ0) is 19.4. The van der Waals surface area contributed by atoms with E-state index >= 15 is 0 Å². The highest BCUT2D eigenvalue weighted by Gasteiger charge is 2.24. The van der Waals surface area contributed by atoms with Crippen LogP contribution in [0.5, 0.6) is 0 Å². The van der Waals surface area contributed by atoms with Gasteiger partial charge in [0.05, 0.1) is 12.4 Å². The lowest BCUT2D eigenvalue weighted by Crippen LogP contribution is -2.16. The summed E-state index contributed by atoms with van der Waals surface area (Å²) in [6.45, 7) is 3.81. The zero-order valence-corrected chi connectivity index (χ0v) is 16.8. The van der Waals surface area contributed by atoms with E-state index < -0.39 is 5.97 Å². The average molecular weight is 406 g/mol. The number of hydrogen-bond acceptors (Lipinski definition) is 7. The van der Waals surface area contributed by atoms with Crippen LogP contribution >= 0.6 is 23.1 Å². The predicted molar refractivity (Wildman–Crippen MR) is 105 cm³/mol. The number of rotatable bonds is 7. The molecule has 1 N–H and O–H groups in total. The van der Waals surface area contributed by atoms with E-state index in [0.717, 1.165) is 10.9 Å². The number of amides is 1. The molecule has 142 valence electrons. The molecule has 0 aliphatic heterocycles. The van der Waals surface area contributed by atoms with Crippen LogP contribution in [0.2, 0.25) is 0 Å². The van der Waals surface area contributed by atoms with Crippen LogP contribution in [-0.2, 0) is 16.6 Å². The van der Waals surface area contributed by atoms with Gasteiger partial charge >= 0.3 is 5.97 Å². The molecule has 0 atom stereocenters. The summed E-state index contributed by atoms with van der Waals surface area (Å²) >= 11 is 2.59. The fraction of sp³-hybridized carbons (Fsp3) is 0.278. The summed E-state index contributed by atoms with van der Waals surface area (Å²) in [4.78, 5) is 29.0. The molecule has 0 saturated heterocycles. The van der Waals surface area contributed by atoms with Crippen LogP contribution in [0.15, 0.2) is 39.5 Å². The second-order valence-corrected chi connectivity index (χ2v) is 7.46. The highest BCUT2D eigenvalue weighted by atomic mass is 32.2. The van der Waals surface area contributed by atoms with E-state index in [4.69, 9.17) is 9.15 Å². The Labute approximate surface area is 164 Å². The van der Waals surface area contributed by atoms with Crippen LogP contribution < -0.4 is 5.32 Å². The van der Waals surface area contributed by atoms with Gasteiger partial charge in [-0.1, -0.05) is 11.8 Å². The number of imidazole rings is 1. The van der Waals surface area contributed by atoms with Crippen molar-refractivity contribution in [1.82, 2.24) is 9.55 Å². The lowest BCUT2D eigenvalue weighted by Gasteiger charge is -2.08. The van der Waals surface area contributed by atoms with E-state index in [1.165, 1.54) is 23.1 Å². The van der Waals surface area contributed by atoms with Crippen molar-refractivity contribution >= 4 is 40.0 Å². The van der Waals surface area contributed by atoms with Gasteiger partial charge in [-0.15, -0.1) is 11.3 Å². The van der Waals surface area contributed by atoms with E-state index in [9.17, 15) is 9.59 Å². The summed E-state index contributed by atoms with van der Waals surface area (Å²) in [7, 11) is 1.86. The molecule has 9 heteroatoms. The normalized spacial score (nSPS) is 10.8. The number of carbonyl (C=O) groups is 2. The molecule has 0 spiro atoms. The van der Waals surface area contributed by atoms with Crippen LogP contribution in [0.3, 0.4) is 0 Å². The van der Waals surface area contributed by atoms with E-state index in [2.05, 4.69) is 10.3 Å². The van der Waals surface area contributed by atoms with Crippen molar-refractivity contribution in [3.63, 3.8) is 0 Å². The van der Waals surface area contributed by atoms with Gasteiger partial charge in [0.25, 0.3) is 0 Å². The molecule has 0 aromatic carbocycles. The van der Waals surface area contributed by atoms with Gasteiger partial charge in [0.15, 0.2) is 5.16 Å². The van der Waals surface area contributed by atoms with Crippen LogP contribution in [0.1, 0.15) is 23.0 Å². The molecule has 27 heavy (non-hydrogen) atoms. The van der Waals surface area contributed by atoms with Gasteiger partial charge < -0.3 is 19.0 Å². The molecule has 0 bridgehead atoms. The number of hydrogen-bond donors (Lipinski definition) is 1. The summed E-state index contributed by atoms with van der Waals surface area (Å²) in [5, 5.41) is 5.78. The first-order chi connectivity index (χ1) is 13.0. The number of thioether (sulfide) groups is 1. The molecule has 0 fully saturated rings. The van der Waals surface area contributed by atoms with Crippen molar-refractivity contribution in [2.24, 2.45) is 7.05 Å². The number of ether oxygens (including phenoxy) is 1. The van der Waals surface area contributed by atoms with Crippen molar-refractivity contribution < 1.29 is 18.7 Å². The number of esters is 1. The number of nitrogens with zero attached hydrogens (tertiary/aromatic N) is 2. The highest BCUT2D eigenvalue weighted by molar-refractivity contribution is 7.99. The maximum Gasteiger partial charge on any atom is 0.341 e. The Morgan fingerprint density at radius 3 is 2.85 bits per heavy atom. The Morgan fingerprint density at radius 1 is 1.41 bits per heavy atom. The summed E-state index contributed by atoms with van der Waals surface area (Å²) in [5.41, 5.74) is 0.921. The topological polar surface area (TPSA) is 86.4 Å². The lowest BCUT2D eigenvalue weighted by molar-refractivity contribution is -0.113. The van der Waals surface area contributed by atoms with Gasteiger partial charge in [-0.3, -0.25) is 4.79 Å². The second kappa shape index (κ2) is 8.45. The molecule has 0 aliphatic rings. The van der Waals surface area contributed by atoms with Crippen LogP contribution in [0.25, 0.3) is 11.3 Å². The number of thiophene rings is 1. The Hall–Kier alpha value is -2.52. The SMILES string of the molecule is CCOC(=O)c1c(-c2ccc(C)o2)csc1NC(=O)CSc1nccn1C. The van der Waals surface area contributed by atoms with Gasteiger partial charge in [0.1, 0.15) is 22.1 Å². The molecule has 0 radical (unpaired) electrons. The van der Waals surface area contributed by atoms with Crippen LogP contribution in [-0.4, -0.2) is 33.8 Å². The van der Waals surface area contributed by atoms with Gasteiger partial charge in [-0.05, 0) is 26.0 Å². The molecule has 3 heterocycles. The monoisotopic (exact) mass is 405 g/mol. The van der Waals surface area contributed by atoms with Crippen molar-refractivity contribution in [1.29, 1.82) is 0 Å². The maximum absolute atomic E-state index is 12.5. The molecular weight excluding hydrogens is 386 g/mol. The molecule has 3 aromatic rings. The number of aromatic nitrogens is 2. The number of aryl methyl sites for hydroxylation is 2. The third-order valence-corrected chi connectivity index (χ3v) is 5.59.